The van der Waals surface area contributed by atoms with Gasteiger partial charge in [0.15, 0.2) is 0 Å². The first-order valence-electron chi connectivity index (χ1n) is 7.85. The van der Waals surface area contributed by atoms with Crippen molar-refractivity contribution < 1.29 is 14.5 Å². The van der Waals surface area contributed by atoms with Crippen LogP contribution >= 0.6 is 0 Å². The Labute approximate surface area is 149 Å². The van der Waals surface area contributed by atoms with Crippen molar-refractivity contribution >= 4 is 23.3 Å². The third kappa shape index (κ3) is 3.54. The predicted molar refractivity (Wildman–Crippen MR) is 95.3 cm³/mol. The average Bonchev–Trinajstić information content (AvgIpc) is 2.62. The van der Waals surface area contributed by atoms with Crippen molar-refractivity contribution in [3.63, 3.8) is 0 Å². The van der Waals surface area contributed by atoms with Gasteiger partial charge in [-0.25, -0.2) is 4.79 Å². The lowest BCUT2D eigenvalue weighted by Gasteiger charge is -2.28. The molecule has 0 radical (unpaired) electrons. The minimum absolute atomic E-state index is 0.0628. The topological polar surface area (TPSA) is 113 Å². The number of nitrogens with zero attached hydrogens (tertiary/aromatic N) is 1. The van der Waals surface area contributed by atoms with Crippen molar-refractivity contribution in [3.8, 4) is 0 Å². The molecule has 0 spiro atoms. The van der Waals surface area contributed by atoms with E-state index in [-0.39, 0.29) is 11.7 Å². The monoisotopic (exact) mass is 352 g/mol. The molecule has 1 aliphatic heterocycles. The number of nitro groups is 1. The fraction of sp³-hybridized carbons (Fsp3) is 0.111. The number of nitro benzene ring substituents is 1. The van der Waals surface area contributed by atoms with Gasteiger partial charge in [-0.05, 0) is 24.6 Å². The number of anilines is 1. The highest BCUT2D eigenvalue weighted by atomic mass is 16.6. The van der Waals surface area contributed by atoms with Gasteiger partial charge in [-0.3, -0.25) is 14.9 Å². The summed E-state index contributed by atoms with van der Waals surface area (Å²) < 4.78 is 0. The molecule has 0 aromatic heterocycles. The molecule has 2 aromatic carbocycles. The zero-order valence-corrected chi connectivity index (χ0v) is 13.9. The third-order valence-electron chi connectivity index (χ3n) is 3.98. The van der Waals surface area contributed by atoms with Crippen LogP contribution in [0.1, 0.15) is 18.5 Å². The smallest absolute Gasteiger partial charge is 0.319 e. The molecule has 0 bridgehead atoms. The molecular weight excluding hydrogens is 336 g/mol. The maximum absolute atomic E-state index is 12.8. The zero-order chi connectivity index (χ0) is 18.7. The number of non-ortho nitro benzene ring substituents is 1. The number of urea groups is 1. The van der Waals surface area contributed by atoms with Crippen LogP contribution in [-0.4, -0.2) is 16.9 Å². The molecule has 8 heteroatoms. The molecule has 3 N–H and O–H groups in total. The Morgan fingerprint density at radius 1 is 1.12 bits per heavy atom. The van der Waals surface area contributed by atoms with Gasteiger partial charge < -0.3 is 16.0 Å². The second-order valence-electron chi connectivity index (χ2n) is 5.74. The largest absolute Gasteiger partial charge is 0.327 e. The second-order valence-corrected chi connectivity index (χ2v) is 5.74. The Balaban J connectivity index is 1.88. The first-order chi connectivity index (χ1) is 12.5. The van der Waals surface area contributed by atoms with E-state index in [0.29, 0.717) is 17.0 Å². The summed E-state index contributed by atoms with van der Waals surface area (Å²) in [6.07, 6.45) is 0. The second kappa shape index (κ2) is 7.06. The molecule has 2 aromatic rings. The SMILES string of the molecule is CC1=C(C(=O)Nc2ccc([N+](=O)[O-])cc2)C(c2ccccc2)NC(=O)N1. The highest BCUT2D eigenvalue weighted by Crippen LogP contribution is 2.27. The minimum atomic E-state index is -0.594. The molecule has 1 heterocycles. The summed E-state index contributed by atoms with van der Waals surface area (Å²) in [5.41, 5.74) is 1.95. The standard InChI is InChI=1S/C18H16N4O4/c1-11-15(16(21-18(24)19-11)12-5-3-2-4-6-12)17(23)20-13-7-9-14(10-8-13)22(25)26/h2-10,16H,1H3,(H,20,23)(H2,19,21,24). The number of allylic oxidation sites excluding steroid dienone is 1. The zero-order valence-electron chi connectivity index (χ0n) is 13.9. The van der Waals surface area contributed by atoms with E-state index in [1.165, 1.54) is 24.3 Å². The molecule has 0 aliphatic carbocycles. The Kier molecular flexibility index (Phi) is 4.66. The number of carbonyl (C=O) groups excluding carboxylic acids is 2. The van der Waals surface area contributed by atoms with Crippen LogP contribution in [-0.2, 0) is 4.79 Å². The van der Waals surface area contributed by atoms with Gasteiger partial charge in [0.1, 0.15) is 0 Å². The first-order valence-corrected chi connectivity index (χ1v) is 7.85. The molecule has 3 rings (SSSR count). The maximum Gasteiger partial charge on any atom is 0.319 e. The first kappa shape index (κ1) is 17.2. The van der Waals surface area contributed by atoms with E-state index in [1.54, 1.807) is 6.92 Å². The van der Waals surface area contributed by atoms with Gasteiger partial charge in [0.25, 0.3) is 11.6 Å². The molecule has 1 unspecified atom stereocenters. The third-order valence-corrected chi connectivity index (χ3v) is 3.98. The molecule has 3 amide bonds. The summed E-state index contributed by atoms with van der Waals surface area (Å²) in [6.45, 7) is 1.65. The van der Waals surface area contributed by atoms with Gasteiger partial charge in [0.2, 0.25) is 0 Å². The maximum atomic E-state index is 12.8. The quantitative estimate of drug-likeness (QED) is 0.580. The normalized spacial score (nSPS) is 16.5. The highest BCUT2D eigenvalue weighted by molar-refractivity contribution is 6.06. The lowest BCUT2D eigenvalue weighted by Crippen LogP contribution is -2.45. The van der Waals surface area contributed by atoms with Crippen molar-refractivity contribution in [1.82, 2.24) is 10.6 Å². The number of nitrogens with one attached hydrogen (secondary N) is 3. The number of carbonyl (C=O) groups is 2. The molecule has 1 aliphatic rings. The molecule has 8 nitrogen and oxygen atoms in total. The summed E-state index contributed by atoms with van der Waals surface area (Å²) in [4.78, 5) is 34.8. The molecular formula is C18H16N4O4. The van der Waals surface area contributed by atoms with Gasteiger partial charge in [-0.1, -0.05) is 30.3 Å². The fourth-order valence-corrected chi connectivity index (χ4v) is 2.76. The van der Waals surface area contributed by atoms with Crippen molar-refractivity contribution in [3.05, 3.63) is 81.5 Å². The van der Waals surface area contributed by atoms with Crippen molar-refractivity contribution in [2.24, 2.45) is 0 Å². The van der Waals surface area contributed by atoms with Gasteiger partial charge >= 0.3 is 6.03 Å². The number of amides is 3. The van der Waals surface area contributed by atoms with E-state index < -0.39 is 16.9 Å². The number of rotatable bonds is 4. The number of benzene rings is 2. The summed E-state index contributed by atoms with van der Waals surface area (Å²) in [7, 11) is 0. The Hall–Kier alpha value is -3.68. The number of hydrogen-bond acceptors (Lipinski definition) is 4. The lowest BCUT2D eigenvalue weighted by atomic mass is 9.95. The molecule has 132 valence electrons. The van der Waals surface area contributed by atoms with Crippen molar-refractivity contribution in [2.75, 3.05) is 5.32 Å². The van der Waals surface area contributed by atoms with E-state index in [9.17, 15) is 19.7 Å². The van der Waals surface area contributed by atoms with Crippen LogP contribution < -0.4 is 16.0 Å². The molecule has 0 saturated heterocycles. The van der Waals surface area contributed by atoms with E-state index in [0.717, 1.165) is 5.56 Å². The summed E-state index contributed by atoms with van der Waals surface area (Å²) in [6, 6.07) is 13.7. The van der Waals surface area contributed by atoms with Crippen molar-refractivity contribution in [2.45, 2.75) is 13.0 Å². The molecule has 1 atom stereocenters. The van der Waals surface area contributed by atoms with Gasteiger partial charge in [0, 0.05) is 23.5 Å². The summed E-state index contributed by atoms with van der Waals surface area (Å²) >= 11 is 0. The molecule has 26 heavy (non-hydrogen) atoms. The van der Waals surface area contributed by atoms with Gasteiger partial charge in [-0.2, -0.15) is 0 Å². The van der Waals surface area contributed by atoms with Crippen LogP contribution in [0.25, 0.3) is 0 Å². The van der Waals surface area contributed by atoms with Crippen LogP contribution in [0.5, 0.6) is 0 Å². The fourth-order valence-electron chi connectivity index (χ4n) is 2.76. The van der Waals surface area contributed by atoms with Gasteiger partial charge in [-0.15, -0.1) is 0 Å². The Bertz CT molecular complexity index is 891. The van der Waals surface area contributed by atoms with Crippen LogP contribution in [0.3, 0.4) is 0 Å². The van der Waals surface area contributed by atoms with E-state index in [4.69, 9.17) is 0 Å². The van der Waals surface area contributed by atoms with E-state index >= 15 is 0 Å². The summed E-state index contributed by atoms with van der Waals surface area (Å²) in [5.74, 6) is -0.405. The van der Waals surface area contributed by atoms with Crippen LogP contribution in [0, 0.1) is 10.1 Å². The van der Waals surface area contributed by atoms with Gasteiger partial charge in [0.05, 0.1) is 16.5 Å². The number of hydrogen-bond donors (Lipinski definition) is 3. The molecule has 0 saturated carbocycles. The minimum Gasteiger partial charge on any atom is -0.327 e. The highest BCUT2D eigenvalue weighted by Gasteiger charge is 2.31. The molecule has 0 fully saturated rings. The lowest BCUT2D eigenvalue weighted by molar-refractivity contribution is -0.384. The van der Waals surface area contributed by atoms with E-state index in [1.807, 2.05) is 30.3 Å². The Morgan fingerprint density at radius 3 is 2.38 bits per heavy atom. The average molecular weight is 352 g/mol. The van der Waals surface area contributed by atoms with E-state index in [2.05, 4.69) is 16.0 Å². The summed E-state index contributed by atoms with van der Waals surface area (Å²) in [5, 5.41) is 18.8. The Morgan fingerprint density at radius 2 is 1.77 bits per heavy atom. The predicted octanol–water partition coefficient (Wildman–Crippen LogP) is 2.86. The van der Waals surface area contributed by atoms with Crippen LogP contribution in [0.4, 0.5) is 16.2 Å². The van der Waals surface area contributed by atoms with Crippen LogP contribution in [0.2, 0.25) is 0 Å². The van der Waals surface area contributed by atoms with Crippen LogP contribution in [0.15, 0.2) is 65.9 Å². The van der Waals surface area contributed by atoms with Crippen molar-refractivity contribution in [1.29, 1.82) is 0 Å².